The van der Waals surface area contributed by atoms with E-state index in [-0.39, 0.29) is 0 Å². The lowest BCUT2D eigenvalue weighted by molar-refractivity contribution is -0.526. The Hall–Kier alpha value is -1.45. The maximum Gasteiger partial charge on any atom is 0.247 e. The van der Waals surface area contributed by atoms with E-state index in [0.717, 1.165) is 0 Å². The second kappa shape index (κ2) is 3.78. The molecule has 2 N–H and O–H groups in total. The van der Waals surface area contributed by atoms with Crippen molar-refractivity contribution in [2.75, 3.05) is 5.75 Å². The van der Waals surface area contributed by atoms with Gasteiger partial charge in [0.05, 0.1) is 12.3 Å². The summed E-state index contributed by atoms with van der Waals surface area (Å²) in [6.45, 7) is 1.56. The molecule has 1 aromatic rings. The fraction of sp³-hybridized carbons (Fsp3) is 0.600. The number of furan rings is 1. The predicted molar refractivity (Wildman–Crippen MR) is 64.5 cm³/mol. The SMILES string of the molecule is CC12NNC(c3ccco3)C1S(=O)(=O)CC2[N+](=O)[O-]. The van der Waals surface area contributed by atoms with Crippen LogP contribution in [-0.4, -0.2) is 35.9 Å². The van der Waals surface area contributed by atoms with Crippen molar-refractivity contribution in [2.24, 2.45) is 0 Å². The van der Waals surface area contributed by atoms with Gasteiger partial charge in [-0.05, 0) is 19.1 Å². The molecule has 2 aliphatic rings. The number of hydrogen-bond acceptors (Lipinski definition) is 7. The minimum atomic E-state index is -3.58. The van der Waals surface area contributed by atoms with Gasteiger partial charge in [0.15, 0.2) is 9.84 Å². The van der Waals surface area contributed by atoms with Crippen LogP contribution in [0, 0.1) is 10.1 Å². The molecule has 3 rings (SSSR count). The van der Waals surface area contributed by atoms with Crippen molar-refractivity contribution < 1.29 is 17.8 Å². The summed E-state index contributed by atoms with van der Waals surface area (Å²) in [6, 6.07) is 1.52. The predicted octanol–water partition coefficient (Wildman–Crippen LogP) is -0.371. The summed E-state index contributed by atoms with van der Waals surface area (Å²) in [6.07, 6.45) is 1.44. The van der Waals surface area contributed by atoms with E-state index >= 15 is 0 Å². The van der Waals surface area contributed by atoms with Crippen molar-refractivity contribution in [1.29, 1.82) is 0 Å². The van der Waals surface area contributed by atoms with Crippen molar-refractivity contribution in [3.8, 4) is 0 Å². The van der Waals surface area contributed by atoms with Crippen LogP contribution in [0.25, 0.3) is 0 Å². The molecule has 2 fully saturated rings. The largest absolute Gasteiger partial charge is 0.468 e. The number of nitro groups is 1. The van der Waals surface area contributed by atoms with Gasteiger partial charge in [0.2, 0.25) is 6.04 Å². The summed E-state index contributed by atoms with van der Waals surface area (Å²) in [5, 5.41) is 10.2. The van der Waals surface area contributed by atoms with Gasteiger partial charge in [0.25, 0.3) is 0 Å². The standard InChI is InChI=1S/C10H13N3O5S/c1-10-7(13(14)15)5-19(16,17)9(10)8(11-12-10)6-3-2-4-18-6/h2-4,7-9,11-12H,5H2,1H3. The Morgan fingerprint density at radius 3 is 2.89 bits per heavy atom. The first-order valence-corrected chi connectivity index (χ1v) is 7.49. The summed E-state index contributed by atoms with van der Waals surface area (Å²) in [4.78, 5) is 10.5. The van der Waals surface area contributed by atoms with Crippen LogP contribution in [0.1, 0.15) is 18.7 Å². The van der Waals surface area contributed by atoms with Crippen LogP contribution in [0.15, 0.2) is 22.8 Å². The molecule has 4 unspecified atom stereocenters. The molecule has 0 aliphatic carbocycles. The van der Waals surface area contributed by atoms with E-state index in [4.69, 9.17) is 4.42 Å². The first-order valence-electron chi connectivity index (χ1n) is 5.77. The average Bonchev–Trinajstić information content (AvgIpc) is 2.95. The van der Waals surface area contributed by atoms with Gasteiger partial charge < -0.3 is 4.42 Å². The molecule has 4 atom stereocenters. The Balaban J connectivity index is 2.08. The molecule has 9 heteroatoms. The highest BCUT2D eigenvalue weighted by Gasteiger charge is 2.68. The molecule has 2 aliphatic heterocycles. The topological polar surface area (TPSA) is 114 Å². The summed E-state index contributed by atoms with van der Waals surface area (Å²) in [5.41, 5.74) is 4.47. The quantitative estimate of drug-likeness (QED) is 0.563. The number of sulfone groups is 1. The Morgan fingerprint density at radius 1 is 1.58 bits per heavy atom. The first-order chi connectivity index (χ1) is 8.86. The Morgan fingerprint density at radius 2 is 2.32 bits per heavy atom. The number of hydrogen-bond donors (Lipinski definition) is 2. The van der Waals surface area contributed by atoms with Crippen LogP contribution in [0.5, 0.6) is 0 Å². The van der Waals surface area contributed by atoms with Gasteiger partial charge in [-0.15, -0.1) is 0 Å². The molecular weight excluding hydrogens is 274 g/mol. The molecule has 0 radical (unpaired) electrons. The van der Waals surface area contributed by atoms with Crippen molar-refractivity contribution >= 4 is 9.84 Å². The molecule has 3 heterocycles. The van der Waals surface area contributed by atoms with E-state index < -0.39 is 43.4 Å². The lowest BCUT2D eigenvalue weighted by Crippen LogP contribution is -2.55. The second-order valence-electron chi connectivity index (χ2n) is 5.10. The molecular formula is C10H13N3O5S. The summed E-state index contributed by atoms with van der Waals surface area (Å²) >= 11 is 0. The van der Waals surface area contributed by atoms with Crippen LogP contribution < -0.4 is 10.9 Å². The average molecular weight is 287 g/mol. The van der Waals surface area contributed by atoms with E-state index in [1.165, 1.54) is 6.26 Å². The minimum absolute atomic E-state index is 0.451. The monoisotopic (exact) mass is 287 g/mol. The highest BCUT2D eigenvalue weighted by Crippen LogP contribution is 2.43. The Labute approximate surface area is 109 Å². The Bertz CT molecular complexity index is 613. The zero-order valence-electron chi connectivity index (χ0n) is 10.1. The van der Waals surface area contributed by atoms with Crippen molar-refractivity contribution in [3.05, 3.63) is 34.3 Å². The highest BCUT2D eigenvalue weighted by molar-refractivity contribution is 7.92. The van der Waals surface area contributed by atoms with Crippen molar-refractivity contribution in [3.63, 3.8) is 0 Å². The number of fused-ring (bicyclic) bond motifs is 1. The van der Waals surface area contributed by atoms with Crippen LogP contribution in [-0.2, 0) is 9.84 Å². The van der Waals surface area contributed by atoms with E-state index in [9.17, 15) is 18.5 Å². The maximum atomic E-state index is 12.2. The van der Waals surface area contributed by atoms with Gasteiger partial charge in [0, 0.05) is 4.92 Å². The molecule has 0 aromatic carbocycles. The van der Waals surface area contributed by atoms with E-state index in [0.29, 0.717) is 5.76 Å². The van der Waals surface area contributed by atoms with E-state index in [2.05, 4.69) is 10.9 Å². The number of nitrogens with zero attached hydrogens (tertiary/aromatic N) is 1. The smallest absolute Gasteiger partial charge is 0.247 e. The molecule has 0 bridgehead atoms. The zero-order chi connectivity index (χ0) is 13.8. The summed E-state index contributed by atoms with van der Waals surface area (Å²) < 4.78 is 29.7. The zero-order valence-corrected chi connectivity index (χ0v) is 10.9. The first kappa shape index (κ1) is 12.6. The number of rotatable bonds is 2. The van der Waals surface area contributed by atoms with Crippen molar-refractivity contribution in [1.82, 2.24) is 10.9 Å². The summed E-state index contributed by atoms with van der Waals surface area (Å²) in [7, 11) is -3.58. The van der Waals surface area contributed by atoms with Gasteiger partial charge in [-0.1, -0.05) is 0 Å². The molecule has 0 spiro atoms. The van der Waals surface area contributed by atoms with E-state index in [1.54, 1.807) is 19.1 Å². The van der Waals surface area contributed by atoms with Gasteiger partial charge in [0.1, 0.15) is 22.3 Å². The number of hydrazine groups is 1. The molecule has 2 saturated heterocycles. The highest BCUT2D eigenvalue weighted by atomic mass is 32.2. The fourth-order valence-electron chi connectivity index (χ4n) is 3.04. The molecule has 104 valence electrons. The fourth-order valence-corrected chi connectivity index (χ4v) is 5.74. The van der Waals surface area contributed by atoms with Crippen LogP contribution in [0.3, 0.4) is 0 Å². The molecule has 0 amide bonds. The normalized spacial score (nSPS) is 40.2. The third kappa shape index (κ3) is 1.62. The third-order valence-corrected chi connectivity index (χ3v) is 6.28. The minimum Gasteiger partial charge on any atom is -0.468 e. The van der Waals surface area contributed by atoms with Gasteiger partial charge in [-0.25, -0.2) is 19.3 Å². The maximum absolute atomic E-state index is 12.2. The lowest BCUT2D eigenvalue weighted by Gasteiger charge is -2.23. The Kier molecular flexibility index (Phi) is 2.50. The molecule has 19 heavy (non-hydrogen) atoms. The van der Waals surface area contributed by atoms with Crippen LogP contribution in [0.2, 0.25) is 0 Å². The van der Waals surface area contributed by atoms with Gasteiger partial charge in [-0.2, -0.15) is 0 Å². The lowest BCUT2D eigenvalue weighted by atomic mass is 9.88. The summed E-state index contributed by atoms with van der Waals surface area (Å²) in [5.74, 6) is 0.00126. The molecule has 0 saturated carbocycles. The van der Waals surface area contributed by atoms with E-state index in [1.807, 2.05) is 0 Å². The van der Waals surface area contributed by atoms with Crippen molar-refractivity contribution in [2.45, 2.75) is 29.8 Å². The molecule has 1 aromatic heterocycles. The van der Waals surface area contributed by atoms with Gasteiger partial charge >= 0.3 is 0 Å². The number of nitrogens with one attached hydrogen (secondary N) is 2. The molecule has 8 nitrogen and oxygen atoms in total. The van der Waals surface area contributed by atoms with Crippen LogP contribution >= 0.6 is 0 Å². The third-order valence-electron chi connectivity index (χ3n) is 3.96. The van der Waals surface area contributed by atoms with Crippen LogP contribution in [0.4, 0.5) is 0 Å². The second-order valence-corrected chi connectivity index (χ2v) is 7.26. The van der Waals surface area contributed by atoms with Gasteiger partial charge in [-0.3, -0.25) is 10.1 Å².